The van der Waals surface area contributed by atoms with Crippen molar-refractivity contribution in [3.63, 3.8) is 0 Å². The first-order chi connectivity index (χ1) is 5.68. The van der Waals surface area contributed by atoms with Crippen molar-refractivity contribution in [3.05, 3.63) is 35.4 Å². The van der Waals surface area contributed by atoms with Gasteiger partial charge in [-0.25, -0.2) is 0 Å². The molecule has 0 aliphatic heterocycles. The number of carboxylic acid groups (broad SMARTS) is 1. The molecule has 0 atom stereocenters. The topological polar surface area (TPSA) is 37.3 Å². The third-order valence-electron chi connectivity index (χ3n) is 1.46. The van der Waals surface area contributed by atoms with E-state index in [2.05, 4.69) is 0 Å². The maximum absolute atomic E-state index is 10.3. The zero-order valence-corrected chi connectivity index (χ0v) is 8.91. The Morgan fingerprint density at radius 3 is 2.50 bits per heavy atom. The van der Waals surface area contributed by atoms with Crippen molar-refractivity contribution in [1.82, 2.24) is 0 Å². The second-order valence-corrected chi connectivity index (χ2v) is 4.95. The molecule has 1 aromatic rings. The molecule has 0 saturated heterocycles. The number of hydrogen-bond acceptors (Lipinski definition) is 1. The van der Waals surface area contributed by atoms with Crippen LogP contribution in [0.1, 0.15) is 11.1 Å². The summed E-state index contributed by atoms with van der Waals surface area (Å²) in [6.07, 6.45) is 0. The van der Waals surface area contributed by atoms with Crippen molar-refractivity contribution in [2.75, 3.05) is 0 Å². The van der Waals surface area contributed by atoms with Crippen LogP contribution < -0.4 is 21.2 Å². The molecule has 12 heavy (non-hydrogen) atoms. The number of alkyl halides is 1. The van der Waals surface area contributed by atoms with Crippen LogP contribution in [0, 0.1) is 6.92 Å². The summed E-state index contributed by atoms with van der Waals surface area (Å²) >= 11 is -0.707. The summed E-state index contributed by atoms with van der Waals surface area (Å²) in [5.74, 6) is 0. The first-order valence-corrected chi connectivity index (χ1v) is 6.16. The second kappa shape index (κ2) is 4.45. The van der Waals surface area contributed by atoms with E-state index in [1.54, 1.807) is 0 Å². The number of aryl methyl sites for hydroxylation is 1. The molecule has 0 aliphatic rings. The van der Waals surface area contributed by atoms with Crippen LogP contribution in [0.5, 0.6) is 0 Å². The molecule has 66 valence electrons. The van der Waals surface area contributed by atoms with Crippen LogP contribution in [-0.2, 0) is 4.43 Å². The number of rotatable bonds is 3. The fourth-order valence-corrected chi connectivity index (χ4v) is 2.09. The molecule has 0 saturated carbocycles. The van der Waals surface area contributed by atoms with Gasteiger partial charge in [-0.05, 0) is 0 Å². The zero-order valence-electron chi connectivity index (χ0n) is 6.75. The number of hydrogen-bond donors (Lipinski definition) is 1. The number of carbonyl (C=O) groups is 1. The summed E-state index contributed by atoms with van der Waals surface area (Å²) in [4.78, 5) is 10.3. The molecule has 0 fully saturated rings. The van der Waals surface area contributed by atoms with Crippen molar-refractivity contribution >= 4 is 3.98 Å². The Balaban J connectivity index is 2.53. The van der Waals surface area contributed by atoms with Gasteiger partial charge in [-0.15, -0.1) is 0 Å². The third-order valence-corrected chi connectivity index (χ3v) is 3.37. The van der Waals surface area contributed by atoms with Crippen LogP contribution in [0.15, 0.2) is 24.3 Å². The average molecular weight is 277 g/mol. The maximum atomic E-state index is 10.3. The van der Waals surface area contributed by atoms with Gasteiger partial charge in [0.15, 0.2) is 0 Å². The van der Waals surface area contributed by atoms with Crippen molar-refractivity contribution in [3.8, 4) is 0 Å². The normalized spacial score (nSPS) is 10.1. The Morgan fingerprint density at radius 2 is 2.00 bits per heavy atom. The summed E-state index contributed by atoms with van der Waals surface area (Å²) in [6.45, 7) is 2.02. The molecule has 0 unspecified atom stereocenters. The Morgan fingerprint density at radius 1 is 1.42 bits per heavy atom. The molecule has 0 bridgehead atoms. The van der Waals surface area contributed by atoms with E-state index in [1.807, 2.05) is 31.2 Å². The van der Waals surface area contributed by atoms with E-state index in [9.17, 15) is 4.79 Å². The molecule has 1 rings (SSSR count). The minimum atomic E-state index is -0.707. The van der Waals surface area contributed by atoms with Crippen molar-refractivity contribution < 1.29 is 31.1 Å². The molecule has 2 nitrogen and oxygen atoms in total. The predicted molar refractivity (Wildman–Crippen MR) is 42.9 cm³/mol. The van der Waals surface area contributed by atoms with Crippen molar-refractivity contribution in [2.24, 2.45) is 0 Å². The summed E-state index contributed by atoms with van der Waals surface area (Å²) in [6, 6.07) is 8.03. The van der Waals surface area contributed by atoms with Gasteiger partial charge in [-0.1, -0.05) is 0 Å². The summed E-state index contributed by atoms with van der Waals surface area (Å²) < 4.78 is 0.100. The van der Waals surface area contributed by atoms with Crippen molar-refractivity contribution in [2.45, 2.75) is 11.4 Å². The first kappa shape index (κ1) is 9.51. The van der Waals surface area contributed by atoms with Gasteiger partial charge in [0.2, 0.25) is 0 Å². The monoisotopic (exact) mass is 277 g/mol. The van der Waals surface area contributed by atoms with E-state index in [0.717, 1.165) is 9.99 Å². The quantitative estimate of drug-likeness (QED) is 0.449. The zero-order chi connectivity index (χ0) is 8.97. The Kier molecular flexibility index (Phi) is 3.52. The number of benzene rings is 1. The van der Waals surface area contributed by atoms with Gasteiger partial charge < -0.3 is 0 Å². The Bertz CT molecular complexity index is 266. The van der Waals surface area contributed by atoms with Crippen LogP contribution in [0.2, 0.25) is 0 Å². The van der Waals surface area contributed by atoms with Crippen LogP contribution in [-0.4, -0.2) is 9.08 Å². The molecule has 3 heteroatoms. The Hall–Kier alpha value is -0.580. The minimum absolute atomic E-state index is 0.630. The van der Waals surface area contributed by atoms with E-state index >= 15 is 0 Å². The molecule has 1 aromatic carbocycles. The molecular formula is C9H10IO2-. The van der Waals surface area contributed by atoms with E-state index in [0.29, 0.717) is 0 Å². The van der Waals surface area contributed by atoms with E-state index in [4.69, 9.17) is 5.11 Å². The van der Waals surface area contributed by atoms with Crippen LogP contribution in [0.25, 0.3) is 0 Å². The molecule has 0 aliphatic carbocycles. The summed E-state index contributed by atoms with van der Waals surface area (Å²) in [5.41, 5.74) is 2.35. The summed E-state index contributed by atoms with van der Waals surface area (Å²) in [5, 5.41) is 8.48. The molecule has 0 heterocycles. The molecule has 0 aromatic heterocycles. The molecule has 0 amide bonds. The van der Waals surface area contributed by atoms with E-state index < -0.39 is 25.2 Å². The van der Waals surface area contributed by atoms with Crippen LogP contribution in [0.4, 0.5) is 4.79 Å². The molecule has 0 spiro atoms. The standard InChI is InChI=1S/C9H10IO2/c1-7-2-4-8(5-3-7)6-10-9(11)12/h2-5H,6H2,1H3,(H,11,12)/q-1. The average Bonchev–Trinajstić information content (AvgIpc) is 2.03. The first-order valence-electron chi connectivity index (χ1n) is 3.56. The van der Waals surface area contributed by atoms with Gasteiger partial charge in [-0.3, -0.25) is 0 Å². The Labute approximate surface area is 81.9 Å². The molecular weight excluding hydrogens is 267 g/mol. The molecule has 1 N–H and O–H groups in total. The SMILES string of the molecule is Cc1ccc(C[I-]C(=O)O)cc1. The van der Waals surface area contributed by atoms with Gasteiger partial charge in [0.25, 0.3) is 0 Å². The fraction of sp³-hybridized carbons (Fsp3) is 0.222. The molecule has 0 radical (unpaired) electrons. The van der Waals surface area contributed by atoms with Gasteiger partial charge in [0, 0.05) is 0 Å². The van der Waals surface area contributed by atoms with Gasteiger partial charge in [-0.2, -0.15) is 0 Å². The fourth-order valence-electron chi connectivity index (χ4n) is 0.811. The van der Waals surface area contributed by atoms with Crippen LogP contribution >= 0.6 is 0 Å². The predicted octanol–water partition coefficient (Wildman–Crippen LogP) is -0.738. The summed E-state index contributed by atoms with van der Waals surface area (Å²) in [7, 11) is 0. The number of halogens is 1. The van der Waals surface area contributed by atoms with Crippen LogP contribution in [0.3, 0.4) is 0 Å². The van der Waals surface area contributed by atoms with Gasteiger partial charge in [0.05, 0.1) is 0 Å². The van der Waals surface area contributed by atoms with E-state index in [-0.39, 0.29) is 0 Å². The van der Waals surface area contributed by atoms with Crippen molar-refractivity contribution in [1.29, 1.82) is 0 Å². The van der Waals surface area contributed by atoms with Gasteiger partial charge >= 0.3 is 81.8 Å². The second-order valence-electron chi connectivity index (χ2n) is 2.51. The van der Waals surface area contributed by atoms with E-state index in [1.165, 1.54) is 5.56 Å². The van der Waals surface area contributed by atoms with Gasteiger partial charge in [0.1, 0.15) is 0 Å². The third kappa shape index (κ3) is 3.21.